The molecule has 2 atom stereocenters. The van der Waals surface area contributed by atoms with Crippen molar-refractivity contribution >= 4 is 40.8 Å². The van der Waals surface area contributed by atoms with E-state index in [0.717, 1.165) is 24.8 Å². The number of carbonyl (C=O) groups is 2. The molecule has 196 valence electrons. The maximum atomic E-state index is 12.7. The quantitative estimate of drug-likeness (QED) is 0.284. The van der Waals surface area contributed by atoms with E-state index in [0.29, 0.717) is 45.8 Å². The standard InChI is InChI=1S/C27H29Cl2N3O5/c1-15(2)36-24-10-8-17(12-21(24)29)31-26(33)23-13-25(37-32-23)18-9-7-16(11-20(18)28)14-30-22-6-4-3-5-19(22)27(34)35/h7-13,15,19,22,30H,3-6,14H2,1-2H3,(H,31,33)(H,34,35)/t19-,22+/m1/s1. The molecule has 1 heterocycles. The molecule has 4 rings (SSSR count). The molecule has 1 saturated carbocycles. The van der Waals surface area contributed by atoms with Crippen molar-refractivity contribution in [3.05, 3.63) is 63.8 Å². The molecule has 0 radical (unpaired) electrons. The summed E-state index contributed by atoms with van der Waals surface area (Å²) in [6.45, 7) is 4.31. The summed E-state index contributed by atoms with van der Waals surface area (Å²) in [4.78, 5) is 24.2. The summed E-state index contributed by atoms with van der Waals surface area (Å²) in [6.07, 6.45) is 3.48. The highest BCUT2D eigenvalue weighted by Crippen LogP contribution is 2.31. The van der Waals surface area contributed by atoms with E-state index in [9.17, 15) is 14.7 Å². The number of carbonyl (C=O) groups excluding carboxylic acids is 1. The van der Waals surface area contributed by atoms with Gasteiger partial charge in [-0.3, -0.25) is 9.59 Å². The maximum absolute atomic E-state index is 12.7. The Bertz CT molecular complexity index is 1280. The Kier molecular flexibility index (Phi) is 8.74. The lowest BCUT2D eigenvalue weighted by Crippen LogP contribution is -2.41. The van der Waals surface area contributed by atoms with E-state index in [1.54, 1.807) is 30.3 Å². The number of anilines is 1. The van der Waals surface area contributed by atoms with Crippen molar-refractivity contribution in [3.8, 4) is 17.1 Å². The number of ether oxygens (including phenoxy) is 1. The summed E-state index contributed by atoms with van der Waals surface area (Å²) < 4.78 is 11.0. The first-order valence-electron chi connectivity index (χ1n) is 12.2. The number of benzene rings is 2. The van der Waals surface area contributed by atoms with Crippen LogP contribution in [0.1, 0.15) is 55.6 Å². The number of nitrogens with one attached hydrogen (secondary N) is 2. The number of carboxylic acids is 1. The van der Waals surface area contributed by atoms with Crippen molar-refractivity contribution in [2.75, 3.05) is 5.32 Å². The monoisotopic (exact) mass is 545 g/mol. The van der Waals surface area contributed by atoms with Crippen molar-refractivity contribution in [1.29, 1.82) is 0 Å². The van der Waals surface area contributed by atoms with E-state index in [2.05, 4.69) is 15.8 Å². The highest BCUT2D eigenvalue weighted by molar-refractivity contribution is 6.33. The zero-order chi connectivity index (χ0) is 26.5. The second kappa shape index (κ2) is 12.0. The van der Waals surface area contributed by atoms with Gasteiger partial charge in [-0.2, -0.15) is 0 Å². The molecule has 2 aromatic carbocycles. The van der Waals surface area contributed by atoms with Gasteiger partial charge in [0.2, 0.25) is 0 Å². The van der Waals surface area contributed by atoms with Crippen molar-refractivity contribution in [1.82, 2.24) is 10.5 Å². The van der Waals surface area contributed by atoms with Crippen LogP contribution in [0.25, 0.3) is 11.3 Å². The molecule has 0 aliphatic heterocycles. The number of nitrogens with zero attached hydrogens (tertiary/aromatic N) is 1. The number of carboxylic acid groups (broad SMARTS) is 1. The Hall–Kier alpha value is -3.07. The van der Waals surface area contributed by atoms with Crippen molar-refractivity contribution in [2.24, 2.45) is 5.92 Å². The summed E-state index contributed by atoms with van der Waals surface area (Å²) >= 11 is 12.8. The van der Waals surface area contributed by atoms with Crippen LogP contribution < -0.4 is 15.4 Å². The van der Waals surface area contributed by atoms with E-state index < -0.39 is 11.9 Å². The molecular weight excluding hydrogens is 517 g/mol. The van der Waals surface area contributed by atoms with Crippen LogP contribution in [-0.4, -0.2) is 34.3 Å². The Morgan fingerprint density at radius 1 is 1.11 bits per heavy atom. The second-order valence-corrected chi connectivity index (χ2v) is 10.2. The highest BCUT2D eigenvalue weighted by Gasteiger charge is 2.30. The van der Waals surface area contributed by atoms with E-state index in [4.69, 9.17) is 32.5 Å². The van der Waals surface area contributed by atoms with Crippen LogP contribution >= 0.6 is 23.2 Å². The van der Waals surface area contributed by atoms with E-state index in [-0.39, 0.29) is 23.8 Å². The van der Waals surface area contributed by atoms with Gasteiger partial charge in [0.15, 0.2) is 11.5 Å². The molecule has 10 heteroatoms. The predicted molar refractivity (Wildman–Crippen MR) is 142 cm³/mol. The van der Waals surface area contributed by atoms with Gasteiger partial charge in [-0.25, -0.2) is 0 Å². The first kappa shape index (κ1) is 27.0. The fourth-order valence-corrected chi connectivity index (χ4v) is 4.94. The van der Waals surface area contributed by atoms with E-state index in [1.165, 1.54) is 6.07 Å². The fourth-order valence-electron chi connectivity index (χ4n) is 4.42. The minimum Gasteiger partial charge on any atom is -0.489 e. The third-order valence-electron chi connectivity index (χ3n) is 6.25. The van der Waals surface area contributed by atoms with Crippen LogP contribution in [0.15, 0.2) is 47.0 Å². The molecule has 0 spiro atoms. The summed E-state index contributed by atoms with van der Waals surface area (Å²) in [7, 11) is 0. The minimum absolute atomic E-state index is 0.0233. The van der Waals surface area contributed by atoms with Crippen LogP contribution in [0.4, 0.5) is 5.69 Å². The first-order chi connectivity index (χ1) is 17.7. The Labute approximate surface area is 225 Å². The smallest absolute Gasteiger partial charge is 0.308 e. The molecule has 1 aromatic heterocycles. The van der Waals surface area contributed by atoms with Gasteiger partial charge in [0, 0.05) is 29.9 Å². The molecule has 8 nitrogen and oxygen atoms in total. The summed E-state index contributed by atoms with van der Waals surface area (Å²) in [5.74, 6) is -0.694. The average molecular weight is 546 g/mol. The molecule has 0 bridgehead atoms. The summed E-state index contributed by atoms with van der Waals surface area (Å²) in [5, 5.41) is 20.3. The molecule has 3 aromatic rings. The van der Waals surface area contributed by atoms with Crippen LogP contribution in [0.5, 0.6) is 5.75 Å². The second-order valence-electron chi connectivity index (χ2n) is 9.37. The Morgan fingerprint density at radius 3 is 2.59 bits per heavy atom. The lowest BCUT2D eigenvalue weighted by atomic mass is 9.84. The lowest BCUT2D eigenvalue weighted by molar-refractivity contribution is -0.143. The van der Waals surface area contributed by atoms with Gasteiger partial charge in [-0.1, -0.05) is 47.3 Å². The van der Waals surface area contributed by atoms with Gasteiger partial charge >= 0.3 is 5.97 Å². The first-order valence-corrected chi connectivity index (χ1v) is 13.0. The maximum Gasteiger partial charge on any atom is 0.308 e. The zero-order valence-electron chi connectivity index (χ0n) is 20.6. The van der Waals surface area contributed by atoms with Crippen LogP contribution in [0.2, 0.25) is 10.0 Å². The topological polar surface area (TPSA) is 114 Å². The number of halogens is 2. The van der Waals surface area contributed by atoms with Crippen LogP contribution in [0, 0.1) is 5.92 Å². The molecular formula is C27H29Cl2N3O5. The van der Waals surface area contributed by atoms with Gasteiger partial charge < -0.3 is 25.0 Å². The molecule has 0 unspecified atom stereocenters. The van der Waals surface area contributed by atoms with Crippen molar-refractivity contribution < 1.29 is 24.0 Å². The van der Waals surface area contributed by atoms with Gasteiger partial charge in [-0.15, -0.1) is 0 Å². The molecule has 0 saturated heterocycles. The number of hydrogen-bond acceptors (Lipinski definition) is 6. The minimum atomic E-state index is -0.754. The highest BCUT2D eigenvalue weighted by atomic mass is 35.5. The largest absolute Gasteiger partial charge is 0.489 e. The summed E-state index contributed by atoms with van der Waals surface area (Å²) in [6, 6.07) is 11.9. The zero-order valence-corrected chi connectivity index (χ0v) is 22.1. The SMILES string of the molecule is CC(C)Oc1ccc(NC(=O)c2cc(-c3ccc(CN[C@H]4CCCC[C@H]4C(=O)O)cc3Cl)on2)cc1Cl. The fraction of sp³-hybridized carbons (Fsp3) is 0.370. The Morgan fingerprint density at radius 2 is 1.89 bits per heavy atom. The lowest BCUT2D eigenvalue weighted by Gasteiger charge is -2.29. The van der Waals surface area contributed by atoms with Gasteiger partial charge in [0.1, 0.15) is 5.75 Å². The van der Waals surface area contributed by atoms with Crippen LogP contribution in [-0.2, 0) is 11.3 Å². The molecule has 1 amide bonds. The number of amides is 1. The van der Waals surface area contributed by atoms with E-state index in [1.807, 2.05) is 19.9 Å². The normalized spacial score (nSPS) is 17.5. The van der Waals surface area contributed by atoms with Gasteiger partial charge in [0.05, 0.1) is 22.1 Å². The number of rotatable bonds is 9. The van der Waals surface area contributed by atoms with Crippen molar-refractivity contribution in [2.45, 2.75) is 58.2 Å². The molecule has 1 aliphatic carbocycles. The van der Waals surface area contributed by atoms with E-state index >= 15 is 0 Å². The average Bonchev–Trinajstić information content (AvgIpc) is 3.34. The predicted octanol–water partition coefficient (Wildman–Crippen LogP) is 6.42. The molecule has 1 aliphatic rings. The van der Waals surface area contributed by atoms with Crippen LogP contribution in [0.3, 0.4) is 0 Å². The third-order valence-corrected chi connectivity index (χ3v) is 6.85. The van der Waals surface area contributed by atoms with Gasteiger partial charge in [-0.05, 0) is 62.6 Å². The Balaban J connectivity index is 1.39. The molecule has 37 heavy (non-hydrogen) atoms. The number of aromatic nitrogens is 1. The molecule has 3 N–H and O–H groups in total. The van der Waals surface area contributed by atoms with Crippen molar-refractivity contribution in [3.63, 3.8) is 0 Å². The number of hydrogen-bond donors (Lipinski definition) is 3. The number of aliphatic carboxylic acids is 1. The molecule has 1 fully saturated rings. The summed E-state index contributed by atoms with van der Waals surface area (Å²) in [5.41, 5.74) is 2.10. The third kappa shape index (κ3) is 6.83. The van der Waals surface area contributed by atoms with Gasteiger partial charge in [0.25, 0.3) is 5.91 Å².